The van der Waals surface area contributed by atoms with Gasteiger partial charge in [0.15, 0.2) is 0 Å². The third kappa shape index (κ3) is 5.34. The van der Waals surface area contributed by atoms with E-state index in [1.54, 1.807) is 0 Å². The molecule has 96 valence electrons. The quantitative estimate of drug-likeness (QED) is 0.740. The molecule has 0 bridgehead atoms. The van der Waals surface area contributed by atoms with Crippen LogP contribution in [0.2, 0.25) is 0 Å². The molecular formula is C14H30N2. The Bertz CT molecular complexity index is 217. The first-order chi connectivity index (χ1) is 7.83. The Balaban J connectivity index is 0. The van der Waals surface area contributed by atoms with Gasteiger partial charge < -0.3 is 0 Å². The second-order valence-corrected chi connectivity index (χ2v) is 3.04. The molecule has 0 aromatic carbocycles. The molecule has 1 aromatic rings. The van der Waals surface area contributed by atoms with Crippen LogP contribution in [0, 0.1) is 0 Å². The fraction of sp³-hybridized carbons (Fsp3) is 0.786. The SMILES string of the molecule is CC.CC.CCCc1c(CC)cnn1CC. The first-order valence-corrected chi connectivity index (χ1v) is 6.87. The molecule has 0 saturated carbocycles. The zero-order valence-corrected chi connectivity index (χ0v) is 12.3. The van der Waals surface area contributed by atoms with E-state index in [-0.39, 0.29) is 0 Å². The van der Waals surface area contributed by atoms with E-state index in [1.165, 1.54) is 17.7 Å². The molecule has 0 aliphatic rings. The minimum absolute atomic E-state index is 0.995. The van der Waals surface area contributed by atoms with Gasteiger partial charge in [0, 0.05) is 12.2 Å². The van der Waals surface area contributed by atoms with Crippen molar-refractivity contribution in [3.8, 4) is 0 Å². The molecule has 16 heavy (non-hydrogen) atoms. The van der Waals surface area contributed by atoms with Crippen molar-refractivity contribution in [2.24, 2.45) is 0 Å². The van der Waals surface area contributed by atoms with Crippen molar-refractivity contribution >= 4 is 0 Å². The van der Waals surface area contributed by atoms with Gasteiger partial charge in [-0.05, 0) is 25.3 Å². The number of nitrogens with zero attached hydrogens (tertiary/aromatic N) is 2. The highest BCUT2D eigenvalue weighted by atomic mass is 15.3. The molecule has 0 atom stereocenters. The van der Waals surface area contributed by atoms with Crippen molar-refractivity contribution in [2.45, 2.75) is 74.3 Å². The summed E-state index contributed by atoms with van der Waals surface area (Å²) in [5.41, 5.74) is 2.85. The first kappa shape index (κ1) is 17.6. The fourth-order valence-corrected chi connectivity index (χ4v) is 1.54. The molecule has 0 aliphatic heterocycles. The van der Waals surface area contributed by atoms with E-state index in [4.69, 9.17) is 0 Å². The van der Waals surface area contributed by atoms with Gasteiger partial charge in [-0.1, -0.05) is 48.0 Å². The Labute approximate surface area is 102 Å². The highest BCUT2D eigenvalue weighted by Crippen LogP contribution is 2.11. The minimum Gasteiger partial charge on any atom is -0.270 e. The van der Waals surface area contributed by atoms with Crippen LogP contribution in [0.3, 0.4) is 0 Å². The largest absolute Gasteiger partial charge is 0.270 e. The molecule has 0 radical (unpaired) electrons. The van der Waals surface area contributed by atoms with Crippen molar-refractivity contribution in [3.63, 3.8) is 0 Å². The van der Waals surface area contributed by atoms with Crippen LogP contribution >= 0.6 is 0 Å². The van der Waals surface area contributed by atoms with Gasteiger partial charge in [0.1, 0.15) is 0 Å². The Morgan fingerprint density at radius 1 is 1.06 bits per heavy atom. The molecule has 1 heterocycles. The molecule has 0 amide bonds. The molecule has 2 heteroatoms. The van der Waals surface area contributed by atoms with Crippen LogP contribution in [-0.4, -0.2) is 9.78 Å². The molecule has 1 aromatic heterocycles. The summed E-state index contributed by atoms with van der Waals surface area (Å²) in [6, 6.07) is 0. The summed E-state index contributed by atoms with van der Waals surface area (Å²) in [6.45, 7) is 15.5. The number of hydrogen-bond acceptors (Lipinski definition) is 1. The average molecular weight is 226 g/mol. The Morgan fingerprint density at radius 2 is 1.62 bits per heavy atom. The molecule has 0 fully saturated rings. The Morgan fingerprint density at radius 3 is 2.00 bits per heavy atom. The molecule has 0 saturated heterocycles. The molecule has 0 spiro atoms. The standard InChI is InChI=1S/C10H18N2.2C2H6/c1-4-7-10-9(5-2)8-11-12(10)6-3;2*1-2/h8H,4-7H2,1-3H3;2*1-2H3. The van der Waals surface area contributed by atoms with E-state index < -0.39 is 0 Å². The van der Waals surface area contributed by atoms with Gasteiger partial charge >= 0.3 is 0 Å². The van der Waals surface area contributed by atoms with Crippen LogP contribution in [-0.2, 0) is 19.4 Å². The van der Waals surface area contributed by atoms with Crippen molar-refractivity contribution < 1.29 is 0 Å². The third-order valence-electron chi connectivity index (χ3n) is 2.20. The predicted molar refractivity (Wildman–Crippen MR) is 74.0 cm³/mol. The number of rotatable bonds is 4. The van der Waals surface area contributed by atoms with Crippen LogP contribution in [0.15, 0.2) is 6.20 Å². The van der Waals surface area contributed by atoms with Gasteiger partial charge in [-0.2, -0.15) is 5.10 Å². The Kier molecular flexibility index (Phi) is 13.5. The monoisotopic (exact) mass is 226 g/mol. The lowest BCUT2D eigenvalue weighted by Gasteiger charge is -2.04. The summed E-state index contributed by atoms with van der Waals surface area (Å²) >= 11 is 0. The molecule has 0 unspecified atom stereocenters. The minimum atomic E-state index is 0.995. The van der Waals surface area contributed by atoms with Crippen molar-refractivity contribution in [1.82, 2.24) is 9.78 Å². The topological polar surface area (TPSA) is 17.8 Å². The normalized spacial score (nSPS) is 8.69. The second kappa shape index (κ2) is 12.3. The van der Waals surface area contributed by atoms with E-state index in [9.17, 15) is 0 Å². The molecule has 1 rings (SSSR count). The Hall–Kier alpha value is -0.790. The smallest absolute Gasteiger partial charge is 0.0524 e. The molecular weight excluding hydrogens is 196 g/mol. The predicted octanol–water partition coefficient (Wildman–Crippen LogP) is 4.47. The molecule has 2 nitrogen and oxygen atoms in total. The van der Waals surface area contributed by atoms with Crippen molar-refractivity contribution in [3.05, 3.63) is 17.5 Å². The lowest BCUT2D eigenvalue weighted by atomic mass is 10.1. The van der Waals surface area contributed by atoms with Crippen LogP contribution in [0.1, 0.15) is 66.1 Å². The van der Waals surface area contributed by atoms with Gasteiger partial charge in [-0.3, -0.25) is 4.68 Å². The lowest BCUT2D eigenvalue weighted by Crippen LogP contribution is -2.03. The van der Waals surface area contributed by atoms with Crippen LogP contribution in [0.5, 0.6) is 0 Å². The third-order valence-corrected chi connectivity index (χ3v) is 2.20. The maximum absolute atomic E-state index is 4.34. The van der Waals surface area contributed by atoms with Gasteiger partial charge in [-0.15, -0.1) is 0 Å². The summed E-state index contributed by atoms with van der Waals surface area (Å²) in [6.07, 6.45) is 5.49. The molecule has 0 N–H and O–H groups in total. The van der Waals surface area contributed by atoms with E-state index in [0.717, 1.165) is 19.4 Å². The van der Waals surface area contributed by atoms with E-state index in [2.05, 4.69) is 30.6 Å². The maximum atomic E-state index is 4.34. The average Bonchev–Trinajstić information content (AvgIpc) is 2.77. The van der Waals surface area contributed by atoms with E-state index in [0.29, 0.717) is 0 Å². The zero-order chi connectivity index (χ0) is 13.0. The summed E-state index contributed by atoms with van der Waals surface area (Å²) in [4.78, 5) is 0. The number of aryl methyl sites for hydroxylation is 2. The summed E-state index contributed by atoms with van der Waals surface area (Å²) in [5, 5.41) is 4.34. The highest BCUT2D eigenvalue weighted by molar-refractivity contribution is 5.17. The maximum Gasteiger partial charge on any atom is 0.0524 e. The van der Waals surface area contributed by atoms with Crippen LogP contribution in [0.25, 0.3) is 0 Å². The summed E-state index contributed by atoms with van der Waals surface area (Å²) in [5.74, 6) is 0. The summed E-state index contributed by atoms with van der Waals surface area (Å²) in [7, 11) is 0. The molecule has 0 aliphatic carbocycles. The lowest BCUT2D eigenvalue weighted by molar-refractivity contribution is 0.613. The zero-order valence-electron chi connectivity index (χ0n) is 12.3. The van der Waals surface area contributed by atoms with Crippen LogP contribution < -0.4 is 0 Å². The van der Waals surface area contributed by atoms with E-state index >= 15 is 0 Å². The summed E-state index contributed by atoms with van der Waals surface area (Å²) < 4.78 is 2.11. The highest BCUT2D eigenvalue weighted by Gasteiger charge is 2.05. The van der Waals surface area contributed by atoms with Gasteiger partial charge in [0.05, 0.1) is 6.20 Å². The second-order valence-electron chi connectivity index (χ2n) is 3.04. The number of aromatic nitrogens is 2. The van der Waals surface area contributed by atoms with Gasteiger partial charge in [-0.25, -0.2) is 0 Å². The number of hydrogen-bond donors (Lipinski definition) is 0. The van der Waals surface area contributed by atoms with Gasteiger partial charge in [0.25, 0.3) is 0 Å². The van der Waals surface area contributed by atoms with Gasteiger partial charge in [0.2, 0.25) is 0 Å². The van der Waals surface area contributed by atoms with Crippen molar-refractivity contribution in [1.29, 1.82) is 0 Å². The first-order valence-electron chi connectivity index (χ1n) is 6.87. The van der Waals surface area contributed by atoms with Crippen molar-refractivity contribution in [2.75, 3.05) is 0 Å². The van der Waals surface area contributed by atoms with Crippen LogP contribution in [0.4, 0.5) is 0 Å². The fourth-order valence-electron chi connectivity index (χ4n) is 1.54. The van der Waals surface area contributed by atoms with E-state index in [1.807, 2.05) is 33.9 Å².